The minimum atomic E-state index is -0.757. The SMILES string of the molecule is Cc1ccc(C(C)(C)CNCCC(=O)O)c(C)c1C. The van der Waals surface area contributed by atoms with Gasteiger partial charge in [-0.25, -0.2) is 0 Å². The summed E-state index contributed by atoms with van der Waals surface area (Å²) in [4.78, 5) is 10.5. The van der Waals surface area contributed by atoms with Gasteiger partial charge in [0.05, 0.1) is 6.42 Å². The summed E-state index contributed by atoms with van der Waals surface area (Å²) < 4.78 is 0. The maximum absolute atomic E-state index is 10.5. The summed E-state index contributed by atoms with van der Waals surface area (Å²) in [6, 6.07) is 4.35. The number of aliphatic carboxylic acids is 1. The molecule has 0 spiro atoms. The lowest BCUT2D eigenvalue weighted by Gasteiger charge is -2.29. The van der Waals surface area contributed by atoms with Crippen molar-refractivity contribution in [3.8, 4) is 0 Å². The molecular formula is C16H25NO2. The van der Waals surface area contributed by atoms with Crippen molar-refractivity contribution in [1.82, 2.24) is 5.32 Å². The zero-order valence-corrected chi connectivity index (χ0v) is 12.6. The van der Waals surface area contributed by atoms with Gasteiger partial charge in [-0.2, -0.15) is 0 Å². The van der Waals surface area contributed by atoms with E-state index < -0.39 is 5.97 Å². The van der Waals surface area contributed by atoms with Gasteiger partial charge in [0.25, 0.3) is 0 Å². The molecule has 1 aromatic carbocycles. The molecule has 0 bridgehead atoms. The van der Waals surface area contributed by atoms with Gasteiger partial charge in [0.1, 0.15) is 0 Å². The fourth-order valence-corrected chi connectivity index (χ4v) is 2.38. The van der Waals surface area contributed by atoms with Crippen LogP contribution in [0.25, 0.3) is 0 Å². The Morgan fingerprint density at radius 3 is 2.42 bits per heavy atom. The molecule has 0 atom stereocenters. The van der Waals surface area contributed by atoms with Crippen molar-refractivity contribution >= 4 is 5.97 Å². The highest BCUT2D eigenvalue weighted by Crippen LogP contribution is 2.28. The Morgan fingerprint density at radius 1 is 1.21 bits per heavy atom. The first-order chi connectivity index (χ1) is 8.75. The van der Waals surface area contributed by atoms with Crippen LogP contribution in [0, 0.1) is 20.8 Å². The first-order valence-electron chi connectivity index (χ1n) is 6.75. The molecule has 0 aliphatic carbocycles. The minimum absolute atomic E-state index is 0.00104. The molecule has 1 rings (SSSR count). The predicted octanol–water partition coefficient (Wildman–Crippen LogP) is 2.95. The molecule has 0 fully saturated rings. The van der Waals surface area contributed by atoms with E-state index in [2.05, 4.69) is 52.1 Å². The molecule has 3 heteroatoms. The molecule has 19 heavy (non-hydrogen) atoms. The van der Waals surface area contributed by atoms with E-state index in [-0.39, 0.29) is 11.8 Å². The van der Waals surface area contributed by atoms with Gasteiger partial charge in [0.2, 0.25) is 0 Å². The molecule has 0 aromatic heterocycles. The van der Waals surface area contributed by atoms with Crippen LogP contribution in [0.4, 0.5) is 0 Å². The Balaban J connectivity index is 2.77. The topological polar surface area (TPSA) is 49.3 Å². The fraction of sp³-hybridized carbons (Fsp3) is 0.562. The Kier molecular flexibility index (Phi) is 5.12. The van der Waals surface area contributed by atoms with Crippen molar-refractivity contribution in [2.24, 2.45) is 0 Å². The second-order valence-corrected chi connectivity index (χ2v) is 5.88. The average molecular weight is 263 g/mol. The van der Waals surface area contributed by atoms with Crippen molar-refractivity contribution in [2.45, 2.75) is 46.5 Å². The highest BCUT2D eigenvalue weighted by molar-refractivity contribution is 5.66. The maximum atomic E-state index is 10.5. The van der Waals surface area contributed by atoms with Crippen LogP contribution in [0.2, 0.25) is 0 Å². The van der Waals surface area contributed by atoms with Crippen LogP contribution in [0.5, 0.6) is 0 Å². The smallest absolute Gasteiger partial charge is 0.304 e. The van der Waals surface area contributed by atoms with E-state index in [0.29, 0.717) is 6.54 Å². The lowest BCUT2D eigenvalue weighted by atomic mass is 9.80. The van der Waals surface area contributed by atoms with Crippen molar-refractivity contribution < 1.29 is 9.90 Å². The summed E-state index contributed by atoms with van der Waals surface area (Å²) in [6.45, 7) is 12.1. The van der Waals surface area contributed by atoms with E-state index in [4.69, 9.17) is 5.11 Å². The van der Waals surface area contributed by atoms with Crippen LogP contribution < -0.4 is 5.32 Å². The first kappa shape index (κ1) is 15.7. The number of nitrogens with one attached hydrogen (secondary N) is 1. The predicted molar refractivity (Wildman–Crippen MR) is 78.8 cm³/mol. The van der Waals surface area contributed by atoms with Crippen LogP contribution in [0.3, 0.4) is 0 Å². The highest BCUT2D eigenvalue weighted by atomic mass is 16.4. The molecule has 106 valence electrons. The van der Waals surface area contributed by atoms with Crippen molar-refractivity contribution in [1.29, 1.82) is 0 Å². The minimum Gasteiger partial charge on any atom is -0.481 e. The lowest BCUT2D eigenvalue weighted by Crippen LogP contribution is -2.34. The summed E-state index contributed by atoms with van der Waals surface area (Å²) in [5.74, 6) is -0.757. The molecule has 0 radical (unpaired) electrons. The van der Waals surface area contributed by atoms with Gasteiger partial charge in [-0.3, -0.25) is 4.79 Å². The van der Waals surface area contributed by atoms with E-state index in [0.717, 1.165) is 6.54 Å². The van der Waals surface area contributed by atoms with Gasteiger partial charge in [0, 0.05) is 18.5 Å². The van der Waals surface area contributed by atoms with Gasteiger partial charge in [-0.1, -0.05) is 26.0 Å². The highest BCUT2D eigenvalue weighted by Gasteiger charge is 2.23. The summed E-state index contributed by atoms with van der Waals surface area (Å²) in [5.41, 5.74) is 5.33. The van der Waals surface area contributed by atoms with Gasteiger partial charge in [-0.05, 0) is 43.0 Å². The number of carboxylic acid groups (broad SMARTS) is 1. The second kappa shape index (κ2) is 6.20. The molecule has 3 nitrogen and oxygen atoms in total. The van der Waals surface area contributed by atoms with E-state index in [1.807, 2.05) is 0 Å². The van der Waals surface area contributed by atoms with E-state index in [1.54, 1.807) is 0 Å². The molecule has 0 saturated heterocycles. The van der Waals surface area contributed by atoms with Gasteiger partial charge < -0.3 is 10.4 Å². The Bertz CT molecular complexity index is 464. The van der Waals surface area contributed by atoms with Gasteiger partial charge in [0.15, 0.2) is 0 Å². The number of benzene rings is 1. The van der Waals surface area contributed by atoms with Crippen LogP contribution in [0.1, 0.15) is 42.5 Å². The van der Waals surface area contributed by atoms with Crippen molar-refractivity contribution in [2.75, 3.05) is 13.1 Å². The number of rotatable bonds is 6. The number of hydrogen-bond donors (Lipinski definition) is 2. The summed E-state index contributed by atoms with van der Waals surface area (Å²) >= 11 is 0. The molecule has 0 aliphatic heterocycles. The number of carboxylic acids is 1. The zero-order chi connectivity index (χ0) is 14.6. The average Bonchev–Trinajstić information content (AvgIpc) is 2.31. The molecule has 1 aromatic rings. The zero-order valence-electron chi connectivity index (χ0n) is 12.6. The molecule has 2 N–H and O–H groups in total. The number of aryl methyl sites for hydroxylation is 1. The molecule has 0 saturated carbocycles. The van der Waals surface area contributed by atoms with Crippen LogP contribution in [-0.2, 0) is 10.2 Å². The molecule has 0 aliphatic rings. The summed E-state index contributed by atoms with van der Waals surface area (Å²) in [5, 5.41) is 11.9. The van der Waals surface area contributed by atoms with Gasteiger partial charge >= 0.3 is 5.97 Å². The monoisotopic (exact) mass is 263 g/mol. The summed E-state index contributed by atoms with van der Waals surface area (Å²) in [7, 11) is 0. The van der Waals surface area contributed by atoms with Gasteiger partial charge in [-0.15, -0.1) is 0 Å². The van der Waals surface area contributed by atoms with Crippen molar-refractivity contribution in [3.63, 3.8) is 0 Å². The fourth-order valence-electron chi connectivity index (χ4n) is 2.38. The first-order valence-corrected chi connectivity index (χ1v) is 6.75. The quantitative estimate of drug-likeness (QED) is 0.776. The largest absolute Gasteiger partial charge is 0.481 e. The molecule has 0 unspecified atom stereocenters. The lowest BCUT2D eigenvalue weighted by molar-refractivity contribution is -0.136. The summed E-state index contributed by atoms with van der Waals surface area (Å²) in [6.07, 6.45) is 0.169. The maximum Gasteiger partial charge on any atom is 0.304 e. The Labute approximate surface area is 116 Å². The number of hydrogen-bond acceptors (Lipinski definition) is 2. The molecular weight excluding hydrogens is 238 g/mol. The van der Waals surface area contributed by atoms with Crippen LogP contribution in [0.15, 0.2) is 12.1 Å². The third kappa shape index (κ3) is 4.06. The van der Waals surface area contributed by atoms with E-state index >= 15 is 0 Å². The third-order valence-corrected chi connectivity index (χ3v) is 3.87. The second-order valence-electron chi connectivity index (χ2n) is 5.88. The molecule has 0 heterocycles. The van der Waals surface area contributed by atoms with E-state index in [9.17, 15) is 4.79 Å². The number of carbonyl (C=O) groups is 1. The Hall–Kier alpha value is -1.35. The third-order valence-electron chi connectivity index (χ3n) is 3.87. The van der Waals surface area contributed by atoms with Crippen LogP contribution >= 0.6 is 0 Å². The molecule has 0 amide bonds. The van der Waals surface area contributed by atoms with Crippen molar-refractivity contribution in [3.05, 3.63) is 34.4 Å². The van der Waals surface area contributed by atoms with Crippen LogP contribution in [-0.4, -0.2) is 24.2 Å². The standard InChI is InChI=1S/C16H25NO2/c1-11-6-7-14(13(3)12(11)2)16(4,5)10-17-9-8-15(18)19/h6-7,17H,8-10H2,1-5H3,(H,18,19). The Morgan fingerprint density at radius 2 is 1.84 bits per heavy atom. The van der Waals surface area contributed by atoms with E-state index in [1.165, 1.54) is 22.3 Å². The normalized spacial score (nSPS) is 11.6.